The van der Waals surface area contributed by atoms with Crippen LogP contribution in [-0.2, 0) is 13.0 Å². The predicted molar refractivity (Wildman–Crippen MR) is 71.3 cm³/mol. The summed E-state index contributed by atoms with van der Waals surface area (Å²) in [5.74, 6) is 0. The Morgan fingerprint density at radius 3 is 2.78 bits per heavy atom. The molecule has 3 heterocycles. The maximum atomic E-state index is 2.45. The third kappa shape index (κ3) is 1.32. The normalized spacial score (nSPS) is 14.0. The molecule has 0 aliphatic carbocycles. The van der Waals surface area contributed by atoms with Crippen LogP contribution in [0.25, 0.3) is 16.9 Å². The zero-order valence-corrected chi connectivity index (χ0v) is 10.2. The molecule has 0 saturated heterocycles. The van der Waals surface area contributed by atoms with Gasteiger partial charge in [0.05, 0.1) is 12.7 Å². The predicted octanol–water partition coefficient (Wildman–Crippen LogP) is 2.84. The van der Waals surface area contributed by atoms with E-state index in [9.17, 15) is 0 Å². The summed E-state index contributed by atoms with van der Waals surface area (Å²) in [5, 5.41) is 0. The summed E-state index contributed by atoms with van der Waals surface area (Å²) in [6.45, 7) is 1.12. The van der Waals surface area contributed by atoms with Crippen LogP contribution in [0.2, 0.25) is 0 Å². The van der Waals surface area contributed by atoms with Crippen LogP contribution in [0.15, 0.2) is 54.9 Å². The van der Waals surface area contributed by atoms with Gasteiger partial charge < -0.3 is 0 Å². The van der Waals surface area contributed by atoms with Crippen LogP contribution >= 0.6 is 0 Å². The minimum absolute atomic E-state index is 1.12. The molecule has 2 heteroatoms. The van der Waals surface area contributed by atoms with Gasteiger partial charge in [-0.2, -0.15) is 0 Å². The Bertz CT molecular complexity index is 711. The van der Waals surface area contributed by atoms with Gasteiger partial charge in [0.25, 0.3) is 5.65 Å². The molecule has 0 amide bonds. The van der Waals surface area contributed by atoms with Crippen molar-refractivity contribution in [1.29, 1.82) is 0 Å². The Morgan fingerprint density at radius 2 is 1.89 bits per heavy atom. The first-order valence-corrected chi connectivity index (χ1v) is 6.51. The monoisotopic (exact) mass is 235 g/mol. The number of hydrogen-bond donors (Lipinski definition) is 0. The second-order valence-electron chi connectivity index (χ2n) is 4.90. The van der Waals surface area contributed by atoms with Gasteiger partial charge in [-0.1, -0.05) is 30.3 Å². The molecule has 1 aromatic carbocycles. The van der Waals surface area contributed by atoms with Gasteiger partial charge in [-0.05, 0) is 25.0 Å². The molecule has 2 nitrogen and oxygen atoms in total. The number of hydrogen-bond acceptors (Lipinski definition) is 0. The van der Waals surface area contributed by atoms with E-state index in [1.165, 1.54) is 35.3 Å². The molecule has 0 unspecified atom stereocenters. The van der Waals surface area contributed by atoms with Crippen LogP contribution in [0.1, 0.15) is 12.0 Å². The van der Waals surface area contributed by atoms with E-state index < -0.39 is 0 Å². The van der Waals surface area contributed by atoms with Crippen molar-refractivity contribution in [3.63, 3.8) is 0 Å². The van der Waals surface area contributed by atoms with Crippen molar-refractivity contribution in [2.24, 2.45) is 0 Å². The third-order valence-electron chi connectivity index (χ3n) is 3.78. The van der Waals surface area contributed by atoms with Crippen molar-refractivity contribution in [2.75, 3.05) is 0 Å². The van der Waals surface area contributed by atoms with E-state index >= 15 is 0 Å². The van der Waals surface area contributed by atoms with Crippen LogP contribution in [0.4, 0.5) is 0 Å². The highest BCUT2D eigenvalue weighted by Crippen LogP contribution is 2.25. The fourth-order valence-corrected chi connectivity index (χ4v) is 2.98. The molecule has 2 aromatic heterocycles. The first kappa shape index (κ1) is 9.89. The second kappa shape index (κ2) is 3.70. The van der Waals surface area contributed by atoms with Gasteiger partial charge in [0.2, 0.25) is 0 Å². The number of nitrogens with zero attached hydrogens (tertiary/aromatic N) is 2. The largest absolute Gasteiger partial charge is 0.289 e. The van der Waals surface area contributed by atoms with Crippen molar-refractivity contribution >= 4 is 5.65 Å². The molecule has 18 heavy (non-hydrogen) atoms. The first-order valence-electron chi connectivity index (χ1n) is 6.51. The lowest BCUT2D eigenvalue weighted by atomic mass is 10.1. The number of aryl methyl sites for hydroxylation is 2. The average molecular weight is 235 g/mol. The summed E-state index contributed by atoms with van der Waals surface area (Å²) in [5.41, 5.74) is 5.45. The zero-order chi connectivity index (χ0) is 11.9. The molecule has 1 aliphatic heterocycles. The minimum Gasteiger partial charge on any atom is -0.223 e. The number of rotatable bonds is 1. The molecule has 4 rings (SSSR count). The Kier molecular flexibility index (Phi) is 2.04. The van der Waals surface area contributed by atoms with Gasteiger partial charge in [0, 0.05) is 11.1 Å². The molecule has 88 valence electrons. The number of pyridine rings is 1. The van der Waals surface area contributed by atoms with Gasteiger partial charge in [0.1, 0.15) is 6.20 Å². The molecule has 0 fully saturated rings. The van der Waals surface area contributed by atoms with E-state index in [-0.39, 0.29) is 0 Å². The molecule has 0 spiro atoms. The highest BCUT2D eigenvalue weighted by Gasteiger charge is 2.24. The van der Waals surface area contributed by atoms with Gasteiger partial charge in [-0.3, -0.25) is 0 Å². The maximum Gasteiger partial charge on any atom is 0.289 e. The molecule has 0 radical (unpaired) electrons. The van der Waals surface area contributed by atoms with E-state index in [1.807, 2.05) is 0 Å². The number of imidazole rings is 1. The third-order valence-corrected chi connectivity index (χ3v) is 3.78. The van der Waals surface area contributed by atoms with Crippen LogP contribution in [0.5, 0.6) is 0 Å². The molecular formula is C16H15N2+. The maximum absolute atomic E-state index is 2.45. The quantitative estimate of drug-likeness (QED) is 0.574. The van der Waals surface area contributed by atoms with Crippen LogP contribution in [0.3, 0.4) is 0 Å². The van der Waals surface area contributed by atoms with E-state index in [0.29, 0.717) is 0 Å². The van der Waals surface area contributed by atoms with Crippen LogP contribution in [0, 0.1) is 0 Å². The number of aromatic nitrogens is 2. The second-order valence-corrected chi connectivity index (χ2v) is 4.90. The molecule has 0 saturated carbocycles. The minimum atomic E-state index is 1.12. The zero-order valence-electron chi connectivity index (χ0n) is 10.2. The molecule has 3 aromatic rings. The summed E-state index contributed by atoms with van der Waals surface area (Å²) in [4.78, 5) is 0. The van der Waals surface area contributed by atoms with E-state index in [2.05, 4.69) is 63.8 Å². The topological polar surface area (TPSA) is 9.03 Å². The molecule has 1 aliphatic rings. The Morgan fingerprint density at radius 1 is 1.00 bits per heavy atom. The average Bonchev–Trinajstić information content (AvgIpc) is 2.82. The van der Waals surface area contributed by atoms with E-state index in [4.69, 9.17) is 0 Å². The molecule has 0 atom stereocenters. The summed E-state index contributed by atoms with van der Waals surface area (Å²) >= 11 is 0. The summed E-state index contributed by atoms with van der Waals surface area (Å²) in [6.07, 6.45) is 6.83. The molecular weight excluding hydrogens is 220 g/mol. The highest BCUT2D eigenvalue weighted by atomic mass is 15.1. The summed E-state index contributed by atoms with van der Waals surface area (Å²) in [7, 11) is 0. The smallest absolute Gasteiger partial charge is 0.223 e. The number of benzene rings is 1. The van der Waals surface area contributed by atoms with Crippen molar-refractivity contribution in [2.45, 2.75) is 19.4 Å². The first-order chi connectivity index (χ1) is 8.93. The van der Waals surface area contributed by atoms with Crippen molar-refractivity contribution < 1.29 is 4.40 Å². The SMILES string of the molecule is c1ccc(-c2c[n+]3cccc4c3n2CCC4)cc1. The lowest BCUT2D eigenvalue weighted by Crippen LogP contribution is -2.23. The molecule has 0 bridgehead atoms. The summed E-state index contributed by atoms with van der Waals surface area (Å²) in [6, 6.07) is 15.1. The fraction of sp³-hybridized carbons (Fsp3) is 0.188. The summed E-state index contributed by atoms with van der Waals surface area (Å²) < 4.78 is 4.71. The van der Waals surface area contributed by atoms with Gasteiger partial charge in [0.15, 0.2) is 5.69 Å². The van der Waals surface area contributed by atoms with Gasteiger partial charge >= 0.3 is 0 Å². The standard InChI is InChI=1S/C16H15N2/c1-2-6-13(7-3-1)15-12-17-10-4-8-14-9-5-11-18(15)16(14)17/h1-4,6-8,10,12H,5,9,11H2/q+1. The van der Waals surface area contributed by atoms with Gasteiger partial charge in [-0.15, -0.1) is 0 Å². The van der Waals surface area contributed by atoms with Crippen molar-refractivity contribution in [1.82, 2.24) is 4.57 Å². The van der Waals surface area contributed by atoms with E-state index in [0.717, 1.165) is 6.54 Å². The lowest BCUT2D eigenvalue weighted by molar-refractivity contribution is -0.511. The highest BCUT2D eigenvalue weighted by molar-refractivity contribution is 5.62. The van der Waals surface area contributed by atoms with Gasteiger partial charge in [-0.25, -0.2) is 8.97 Å². The Hall–Kier alpha value is -2.09. The lowest BCUT2D eigenvalue weighted by Gasteiger charge is -2.10. The molecule has 0 N–H and O–H groups in total. The Balaban J connectivity index is 2.06. The fourth-order valence-electron chi connectivity index (χ4n) is 2.98. The van der Waals surface area contributed by atoms with Crippen LogP contribution in [-0.4, -0.2) is 4.57 Å². The van der Waals surface area contributed by atoms with Crippen molar-refractivity contribution in [3.8, 4) is 11.3 Å². The van der Waals surface area contributed by atoms with Crippen molar-refractivity contribution in [3.05, 3.63) is 60.4 Å². The van der Waals surface area contributed by atoms with Crippen LogP contribution < -0.4 is 4.40 Å². The Labute approximate surface area is 106 Å². The van der Waals surface area contributed by atoms with E-state index in [1.54, 1.807) is 0 Å².